The fraction of sp³-hybridized carbons (Fsp3) is 1.00. The second kappa shape index (κ2) is 6.38. The molecule has 1 heterocycles. The van der Waals surface area contributed by atoms with Crippen molar-refractivity contribution in [3.8, 4) is 0 Å². The first-order chi connectivity index (χ1) is 8.16. The van der Waals surface area contributed by atoms with Gasteiger partial charge in [0.2, 0.25) is 0 Å². The molecule has 0 aliphatic carbocycles. The topological polar surface area (TPSA) is 12.5 Å². The fourth-order valence-corrected chi connectivity index (χ4v) is 2.51. The molecule has 0 aromatic heterocycles. The van der Waals surface area contributed by atoms with Crippen LogP contribution in [-0.2, 0) is 4.74 Å². The molecular formula is C16H33NO. The Morgan fingerprint density at radius 2 is 1.61 bits per heavy atom. The molecule has 108 valence electrons. The van der Waals surface area contributed by atoms with Gasteiger partial charge in [-0.05, 0) is 29.6 Å². The highest BCUT2D eigenvalue weighted by molar-refractivity contribution is 4.82. The van der Waals surface area contributed by atoms with Gasteiger partial charge in [-0.25, -0.2) is 0 Å². The van der Waals surface area contributed by atoms with Gasteiger partial charge in [0.1, 0.15) is 0 Å². The van der Waals surface area contributed by atoms with Gasteiger partial charge in [-0.2, -0.15) is 0 Å². The van der Waals surface area contributed by atoms with Crippen LogP contribution in [0.3, 0.4) is 0 Å². The van der Waals surface area contributed by atoms with E-state index in [1.54, 1.807) is 0 Å². The maximum atomic E-state index is 5.71. The lowest BCUT2D eigenvalue weighted by Gasteiger charge is -2.42. The second-order valence-electron chi connectivity index (χ2n) is 8.38. The molecule has 1 rings (SSSR count). The van der Waals surface area contributed by atoms with Crippen molar-refractivity contribution in [1.29, 1.82) is 0 Å². The van der Waals surface area contributed by atoms with E-state index in [1.165, 1.54) is 32.5 Å². The summed E-state index contributed by atoms with van der Waals surface area (Å²) >= 11 is 0. The van der Waals surface area contributed by atoms with E-state index in [-0.39, 0.29) is 0 Å². The van der Waals surface area contributed by atoms with Crippen LogP contribution in [0.15, 0.2) is 0 Å². The van der Waals surface area contributed by atoms with E-state index in [4.69, 9.17) is 4.74 Å². The second-order valence-corrected chi connectivity index (χ2v) is 8.38. The number of hydrogen-bond donors (Lipinski definition) is 0. The van der Waals surface area contributed by atoms with Crippen LogP contribution < -0.4 is 0 Å². The van der Waals surface area contributed by atoms with Gasteiger partial charge in [0.25, 0.3) is 0 Å². The number of ether oxygens (including phenoxy) is 1. The van der Waals surface area contributed by atoms with E-state index in [0.717, 1.165) is 19.1 Å². The maximum Gasteiger partial charge on any atom is 0.0514 e. The van der Waals surface area contributed by atoms with Crippen molar-refractivity contribution in [2.24, 2.45) is 16.7 Å². The number of nitrogens with zero attached hydrogens (tertiary/aromatic N) is 1. The van der Waals surface area contributed by atoms with Crippen LogP contribution in [0.5, 0.6) is 0 Å². The van der Waals surface area contributed by atoms with Crippen molar-refractivity contribution in [2.45, 2.75) is 54.4 Å². The van der Waals surface area contributed by atoms with Crippen LogP contribution in [0.25, 0.3) is 0 Å². The Morgan fingerprint density at radius 3 is 2.11 bits per heavy atom. The molecule has 1 aliphatic heterocycles. The van der Waals surface area contributed by atoms with E-state index in [9.17, 15) is 0 Å². The highest BCUT2D eigenvalue weighted by Crippen LogP contribution is 2.25. The van der Waals surface area contributed by atoms with Crippen LogP contribution in [-0.4, -0.2) is 37.7 Å². The molecule has 0 aromatic carbocycles. The third-order valence-corrected chi connectivity index (χ3v) is 3.17. The lowest BCUT2D eigenvalue weighted by Crippen LogP contribution is -2.49. The normalized spacial score (nSPS) is 19.0. The van der Waals surface area contributed by atoms with Gasteiger partial charge in [0.15, 0.2) is 0 Å². The molecule has 1 saturated heterocycles. The summed E-state index contributed by atoms with van der Waals surface area (Å²) in [6.45, 7) is 19.3. The smallest absolute Gasteiger partial charge is 0.0514 e. The third kappa shape index (κ3) is 7.38. The first-order valence-corrected chi connectivity index (χ1v) is 7.46. The fourth-order valence-electron chi connectivity index (χ4n) is 2.51. The van der Waals surface area contributed by atoms with E-state index in [1.807, 2.05) is 0 Å². The van der Waals surface area contributed by atoms with Crippen molar-refractivity contribution in [3.63, 3.8) is 0 Å². The largest absolute Gasteiger partial charge is 0.381 e. The molecule has 1 fully saturated rings. The molecule has 2 nitrogen and oxygen atoms in total. The van der Waals surface area contributed by atoms with Crippen molar-refractivity contribution in [2.75, 3.05) is 32.8 Å². The number of hydrogen-bond acceptors (Lipinski definition) is 2. The van der Waals surface area contributed by atoms with Gasteiger partial charge in [-0.1, -0.05) is 41.5 Å². The Kier molecular flexibility index (Phi) is 5.67. The summed E-state index contributed by atoms with van der Waals surface area (Å²) in [5.74, 6) is 0.922. The van der Waals surface area contributed by atoms with Gasteiger partial charge in [-0.15, -0.1) is 0 Å². The Balaban J connectivity index is 1.94. The molecule has 0 bridgehead atoms. The standard InChI is InChI=1S/C16H33NO/c1-15(2,3)12-17-10-14(11-17)8-7-9-18-13-16(4,5)6/h14H,7-13H2,1-6H3. The average Bonchev–Trinajstić information content (AvgIpc) is 2.08. The van der Waals surface area contributed by atoms with E-state index < -0.39 is 0 Å². The third-order valence-electron chi connectivity index (χ3n) is 3.17. The molecule has 0 saturated carbocycles. The lowest BCUT2D eigenvalue weighted by atomic mass is 9.89. The maximum absolute atomic E-state index is 5.71. The average molecular weight is 255 g/mol. The molecular weight excluding hydrogens is 222 g/mol. The van der Waals surface area contributed by atoms with E-state index >= 15 is 0 Å². The van der Waals surface area contributed by atoms with Crippen LogP contribution in [0.4, 0.5) is 0 Å². The Bertz CT molecular complexity index is 230. The summed E-state index contributed by atoms with van der Waals surface area (Å²) in [5, 5.41) is 0. The van der Waals surface area contributed by atoms with Crippen molar-refractivity contribution in [1.82, 2.24) is 4.90 Å². The summed E-state index contributed by atoms with van der Waals surface area (Å²) in [6, 6.07) is 0. The van der Waals surface area contributed by atoms with Gasteiger partial charge in [0.05, 0.1) is 6.61 Å². The van der Waals surface area contributed by atoms with Gasteiger partial charge in [-0.3, -0.25) is 0 Å². The minimum atomic E-state index is 0.306. The van der Waals surface area contributed by atoms with E-state index in [0.29, 0.717) is 10.8 Å². The van der Waals surface area contributed by atoms with Gasteiger partial charge >= 0.3 is 0 Å². The first-order valence-electron chi connectivity index (χ1n) is 7.46. The SMILES string of the molecule is CC(C)(C)COCCCC1CN(CC(C)(C)C)C1. The highest BCUT2D eigenvalue weighted by Gasteiger charge is 2.28. The molecule has 0 N–H and O–H groups in total. The molecule has 0 atom stereocenters. The zero-order valence-electron chi connectivity index (χ0n) is 13.4. The predicted octanol–water partition coefficient (Wildman–Crippen LogP) is 3.81. The molecule has 0 radical (unpaired) electrons. The Morgan fingerprint density at radius 1 is 1.00 bits per heavy atom. The Hall–Kier alpha value is -0.0800. The van der Waals surface area contributed by atoms with Crippen LogP contribution in [0.2, 0.25) is 0 Å². The van der Waals surface area contributed by atoms with Gasteiger partial charge in [0, 0.05) is 26.2 Å². The zero-order valence-corrected chi connectivity index (χ0v) is 13.4. The van der Waals surface area contributed by atoms with Crippen LogP contribution in [0.1, 0.15) is 54.4 Å². The monoisotopic (exact) mass is 255 g/mol. The Labute approximate surface area is 114 Å². The minimum Gasteiger partial charge on any atom is -0.381 e. The van der Waals surface area contributed by atoms with Crippen LogP contribution in [0, 0.1) is 16.7 Å². The number of rotatable bonds is 6. The molecule has 0 amide bonds. The quantitative estimate of drug-likeness (QED) is 0.669. The molecule has 1 aliphatic rings. The number of likely N-dealkylation sites (tertiary alicyclic amines) is 1. The molecule has 0 unspecified atom stereocenters. The summed E-state index contributed by atoms with van der Waals surface area (Å²) in [7, 11) is 0. The lowest BCUT2D eigenvalue weighted by molar-refractivity contribution is 0.0395. The summed E-state index contributed by atoms with van der Waals surface area (Å²) in [5.41, 5.74) is 0.751. The molecule has 18 heavy (non-hydrogen) atoms. The highest BCUT2D eigenvalue weighted by atomic mass is 16.5. The first kappa shape index (κ1) is 16.0. The van der Waals surface area contributed by atoms with E-state index in [2.05, 4.69) is 46.4 Å². The van der Waals surface area contributed by atoms with Crippen LogP contribution >= 0.6 is 0 Å². The zero-order chi connectivity index (χ0) is 13.8. The minimum absolute atomic E-state index is 0.306. The van der Waals surface area contributed by atoms with Crippen molar-refractivity contribution < 1.29 is 4.74 Å². The molecule has 0 aromatic rings. The molecule has 0 spiro atoms. The van der Waals surface area contributed by atoms with Crippen molar-refractivity contribution in [3.05, 3.63) is 0 Å². The summed E-state index contributed by atoms with van der Waals surface area (Å²) in [6.07, 6.45) is 2.56. The summed E-state index contributed by atoms with van der Waals surface area (Å²) in [4.78, 5) is 2.58. The summed E-state index contributed by atoms with van der Waals surface area (Å²) < 4.78 is 5.71. The molecule has 2 heteroatoms. The van der Waals surface area contributed by atoms with Crippen molar-refractivity contribution >= 4 is 0 Å². The predicted molar refractivity (Wildman–Crippen MR) is 78.9 cm³/mol. The van der Waals surface area contributed by atoms with Gasteiger partial charge < -0.3 is 9.64 Å².